The van der Waals surface area contributed by atoms with Gasteiger partial charge in [0.25, 0.3) is 0 Å². The fourth-order valence-corrected chi connectivity index (χ4v) is 1.48. The molecule has 0 saturated carbocycles. The Kier molecular flexibility index (Phi) is 1.60. The highest BCUT2D eigenvalue weighted by Crippen LogP contribution is 2.13. The molecule has 1 aromatic heterocycles. The summed E-state index contributed by atoms with van der Waals surface area (Å²) in [6, 6.07) is 5.30. The molecule has 0 atom stereocenters. The summed E-state index contributed by atoms with van der Waals surface area (Å²) < 4.78 is 5.97. The Morgan fingerprint density at radius 2 is 2.25 bits per heavy atom. The maximum Gasteiger partial charge on any atom is 0.311 e. The summed E-state index contributed by atoms with van der Waals surface area (Å²) in [5.74, 6) is 5.24. The van der Waals surface area contributed by atoms with E-state index in [0.717, 1.165) is 8.42 Å². The average Bonchev–Trinajstić information content (AvgIpc) is 2.28. The van der Waals surface area contributed by atoms with Crippen molar-refractivity contribution in [1.29, 1.82) is 0 Å². The Bertz CT molecular complexity index is 486. The van der Waals surface area contributed by atoms with Gasteiger partial charge in [-0.05, 0) is 40.8 Å². The first-order chi connectivity index (χ1) is 5.68. The van der Waals surface area contributed by atoms with Gasteiger partial charge in [-0.25, -0.2) is 0 Å². The van der Waals surface area contributed by atoms with E-state index in [4.69, 9.17) is 10.4 Å². The van der Waals surface area contributed by atoms with Crippen LogP contribution in [0.25, 0.3) is 11.0 Å². The normalized spacial score (nSPS) is 10.8. The number of hydrogen-bond acceptors (Lipinski definition) is 3. The van der Waals surface area contributed by atoms with Gasteiger partial charge in [0.05, 0.1) is 5.39 Å². The molecule has 4 nitrogen and oxygen atoms in total. The molecule has 2 N–H and O–H groups in total. The number of nitrogen functional groups attached to an aromatic ring is 1. The van der Waals surface area contributed by atoms with E-state index >= 15 is 0 Å². The molecular formula is C7H5IN2O2. The van der Waals surface area contributed by atoms with Crippen LogP contribution < -0.4 is 11.4 Å². The lowest BCUT2D eigenvalue weighted by atomic mass is 10.3. The molecule has 0 aliphatic heterocycles. The van der Waals surface area contributed by atoms with Crippen molar-refractivity contribution in [2.45, 2.75) is 0 Å². The highest BCUT2D eigenvalue weighted by molar-refractivity contribution is 14.1. The molecule has 0 unspecified atom stereocenters. The van der Waals surface area contributed by atoms with Gasteiger partial charge in [-0.1, -0.05) is 4.85 Å². The third-order valence-corrected chi connectivity index (χ3v) is 2.24. The van der Waals surface area contributed by atoms with Crippen LogP contribution in [0.5, 0.6) is 0 Å². The van der Waals surface area contributed by atoms with Crippen LogP contribution in [0.2, 0.25) is 0 Å². The topological polar surface area (TPSA) is 61.2 Å². The van der Waals surface area contributed by atoms with Crippen LogP contribution in [-0.4, -0.2) is 4.85 Å². The number of rotatable bonds is 0. The van der Waals surface area contributed by atoms with Gasteiger partial charge in [0, 0.05) is 3.57 Å². The minimum Gasteiger partial charge on any atom is -0.356 e. The molecule has 0 aliphatic rings. The van der Waals surface area contributed by atoms with Gasteiger partial charge in [0.2, 0.25) is 0 Å². The van der Waals surface area contributed by atoms with Crippen molar-refractivity contribution in [1.82, 2.24) is 4.85 Å². The van der Waals surface area contributed by atoms with E-state index in [1.165, 1.54) is 0 Å². The molecule has 0 radical (unpaired) electrons. The summed E-state index contributed by atoms with van der Waals surface area (Å²) in [7, 11) is 0. The van der Waals surface area contributed by atoms with Crippen molar-refractivity contribution >= 4 is 33.6 Å². The van der Waals surface area contributed by atoms with Gasteiger partial charge < -0.3 is 10.4 Å². The summed E-state index contributed by atoms with van der Waals surface area (Å²) in [5.41, 5.74) is 0.218. The van der Waals surface area contributed by atoms with E-state index in [1.54, 1.807) is 12.1 Å². The molecule has 2 rings (SSSR count). The molecule has 0 amide bonds. The van der Waals surface area contributed by atoms with Crippen LogP contribution >= 0.6 is 22.6 Å². The number of hydrogen-bond donors (Lipinski definition) is 1. The zero-order valence-corrected chi connectivity index (χ0v) is 8.11. The van der Waals surface area contributed by atoms with Crippen LogP contribution in [0.1, 0.15) is 0 Å². The van der Waals surface area contributed by atoms with Crippen molar-refractivity contribution in [3.05, 3.63) is 32.1 Å². The van der Waals surface area contributed by atoms with E-state index < -0.39 is 0 Å². The van der Waals surface area contributed by atoms with Gasteiger partial charge in [0.15, 0.2) is 5.58 Å². The van der Waals surface area contributed by atoms with Crippen molar-refractivity contribution in [2.75, 3.05) is 5.84 Å². The lowest BCUT2D eigenvalue weighted by molar-refractivity contribution is 0.347. The minimum absolute atomic E-state index is 0.304. The van der Waals surface area contributed by atoms with Crippen LogP contribution in [0, 0.1) is 3.57 Å². The van der Waals surface area contributed by atoms with E-state index in [1.807, 2.05) is 6.07 Å². The summed E-state index contributed by atoms with van der Waals surface area (Å²) in [4.78, 5) is 11.9. The molecule has 0 aliphatic carbocycles. The van der Waals surface area contributed by atoms with Gasteiger partial charge >= 0.3 is 5.56 Å². The van der Waals surface area contributed by atoms with Crippen LogP contribution in [-0.2, 0) is 0 Å². The lowest BCUT2D eigenvalue weighted by Gasteiger charge is -1.85. The Labute approximate surface area is 81.0 Å². The zero-order chi connectivity index (χ0) is 8.72. The maximum absolute atomic E-state index is 11.2. The van der Waals surface area contributed by atoms with Gasteiger partial charge in [-0.3, -0.25) is 4.79 Å². The first-order valence-corrected chi connectivity index (χ1v) is 4.33. The second kappa shape index (κ2) is 2.51. The predicted molar refractivity (Wildman–Crippen MR) is 53.3 cm³/mol. The second-order valence-corrected chi connectivity index (χ2v) is 3.61. The number of aromatic nitrogens is 1. The van der Waals surface area contributed by atoms with Gasteiger partial charge in [0.1, 0.15) is 0 Å². The molecule has 0 fully saturated rings. The number of fused-ring (bicyclic) bond motifs is 1. The molecule has 1 aromatic carbocycles. The molecule has 0 saturated heterocycles. The zero-order valence-electron chi connectivity index (χ0n) is 5.95. The van der Waals surface area contributed by atoms with Crippen LogP contribution in [0.4, 0.5) is 0 Å². The molecular weight excluding hydrogens is 271 g/mol. The second-order valence-electron chi connectivity index (χ2n) is 2.36. The first-order valence-electron chi connectivity index (χ1n) is 3.25. The SMILES string of the molecule is Nn1oc2cc(I)ccc2c1=O. The Hall–Kier alpha value is -0.980. The van der Waals surface area contributed by atoms with E-state index in [-0.39, 0.29) is 5.56 Å². The molecule has 5 heteroatoms. The molecule has 12 heavy (non-hydrogen) atoms. The van der Waals surface area contributed by atoms with Crippen LogP contribution in [0.15, 0.2) is 27.5 Å². The van der Waals surface area contributed by atoms with E-state index in [2.05, 4.69) is 22.6 Å². The molecule has 1 heterocycles. The van der Waals surface area contributed by atoms with Gasteiger partial charge in [-0.2, -0.15) is 0 Å². The quantitative estimate of drug-likeness (QED) is 0.574. The molecule has 0 spiro atoms. The van der Waals surface area contributed by atoms with E-state index in [0.29, 0.717) is 11.0 Å². The lowest BCUT2D eigenvalue weighted by Crippen LogP contribution is -2.21. The summed E-state index contributed by atoms with van der Waals surface area (Å²) in [5, 5.41) is 0.512. The monoisotopic (exact) mass is 276 g/mol. The summed E-state index contributed by atoms with van der Waals surface area (Å²) in [6.45, 7) is 0. The first kappa shape index (κ1) is 7.66. The number of nitrogens with two attached hydrogens (primary N) is 1. The van der Waals surface area contributed by atoms with Gasteiger partial charge in [-0.15, -0.1) is 0 Å². The number of nitrogens with zero attached hydrogens (tertiary/aromatic N) is 1. The smallest absolute Gasteiger partial charge is 0.311 e. The summed E-state index contributed by atoms with van der Waals surface area (Å²) >= 11 is 2.14. The fourth-order valence-electron chi connectivity index (χ4n) is 1.01. The van der Waals surface area contributed by atoms with Crippen molar-refractivity contribution < 1.29 is 4.52 Å². The summed E-state index contributed by atoms with van der Waals surface area (Å²) in [6.07, 6.45) is 0. The fraction of sp³-hybridized carbons (Fsp3) is 0. The molecule has 2 aromatic rings. The average molecular weight is 276 g/mol. The maximum atomic E-state index is 11.2. The number of benzene rings is 1. The van der Waals surface area contributed by atoms with E-state index in [9.17, 15) is 4.79 Å². The third-order valence-electron chi connectivity index (χ3n) is 1.57. The Morgan fingerprint density at radius 3 is 3.00 bits per heavy atom. The highest BCUT2D eigenvalue weighted by Gasteiger charge is 2.05. The van der Waals surface area contributed by atoms with Crippen molar-refractivity contribution in [3.8, 4) is 0 Å². The predicted octanol–water partition coefficient (Wildman–Crippen LogP) is 0.913. The largest absolute Gasteiger partial charge is 0.356 e. The highest BCUT2D eigenvalue weighted by atomic mass is 127. The Balaban J connectivity index is 2.97. The molecule has 0 bridgehead atoms. The van der Waals surface area contributed by atoms with Crippen molar-refractivity contribution in [2.24, 2.45) is 0 Å². The molecule has 62 valence electrons. The Morgan fingerprint density at radius 1 is 1.50 bits per heavy atom. The minimum atomic E-state index is -0.304. The third kappa shape index (κ3) is 1.01. The van der Waals surface area contributed by atoms with Crippen LogP contribution in [0.3, 0.4) is 0 Å². The van der Waals surface area contributed by atoms with Crippen molar-refractivity contribution in [3.63, 3.8) is 0 Å². The number of halogens is 1. The standard InChI is InChI=1S/C7H5IN2O2/c8-4-1-2-5-6(3-4)12-10(9)7(5)11/h1-3H,9H2.